The van der Waals surface area contributed by atoms with Crippen LogP contribution in [-0.4, -0.2) is 12.7 Å². The first-order chi connectivity index (χ1) is 8.24. The average Bonchev–Trinajstić information content (AvgIpc) is 2.39. The molecular formula is C15H18NO+. The number of H-pyrrole nitrogens is 1. The molecule has 1 N–H and O–H groups in total. The minimum atomic E-state index is -0.202. The van der Waals surface area contributed by atoms with Gasteiger partial charge in [-0.3, -0.25) is 0 Å². The predicted molar refractivity (Wildman–Crippen MR) is 69.3 cm³/mol. The fraction of sp³-hybridized carbons (Fsp3) is 0.267. The Kier molecular flexibility index (Phi) is 3.55. The van der Waals surface area contributed by atoms with Crippen molar-refractivity contribution in [2.75, 3.05) is 7.11 Å². The van der Waals surface area contributed by atoms with Gasteiger partial charge in [0.05, 0.1) is 5.60 Å². The van der Waals surface area contributed by atoms with Crippen molar-refractivity contribution in [2.24, 2.45) is 0 Å². The Morgan fingerprint density at radius 3 is 2.76 bits per heavy atom. The van der Waals surface area contributed by atoms with Crippen LogP contribution in [0.4, 0.5) is 0 Å². The van der Waals surface area contributed by atoms with Crippen LogP contribution in [0.2, 0.25) is 0 Å². The number of nitrogens with one attached hydrogen (secondary N) is 1. The molecule has 1 aromatic rings. The van der Waals surface area contributed by atoms with E-state index in [1.165, 1.54) is 11.1 Å². The lowest BCUT2D eigenvalue weighted by atomic mass is 9.87. The first kappa shape index (κ1) is 11.8. The van der Waals surface area contributed by atoms with Crippen LogP contribution in [0.5, 0.6) is 0 Å². The Labute approximate surface area is 102 Å². The summed E-state index contributed by atoms with van der Waals surface area (Å²) in [5.41, 5.74) is 2.18. The fourth-order valence-electron chi connectivity index (χ4n) is 1.89. The summed E-state index contributed by atoms with van der Waals surface area (Å²) in [6.45, 7) is 2.12. The SMILES string of the molecule is COC1(C)CC=CC=C1/C=C/c1cc[nH+]cc1. The van der Waals surface area contributed by atoms with E-state index in [0.717, 1.165) is 6.42 Å². The molecule has 1 aliphatic carbocycles. The normalized spacial score (nSPS) is 24.0. The number of methoxy groups -OCH3 is 1. The number of allylic oxidation sites excluding steroid dienone is 2. The second-order valence-electron chi connectivity index (χ2n) is 4.36. The van der Waals surface area contributed by atoms with E-state index in [1.54, 1.807) is 7.11 Å². The van der Waals surface area contributed by atoms with E-state index in [1.807, 2.05) is 24.5 Å². The van der Waals surface area contributed by atoms with Gasteiger partial charge >= 0.3 is 0 Å². The van der Waals surface area contributed by atoms with Gasteiger partial charge in [-0.05, 0) is 24.5 Å². The highest BCUT2D eigenvalue weighted by Crippen LogP contribution is 2.29. The molecule has 0 radical (unpaired) electrons. The molecule has 2 nitrogen and oxygen atoms in total. The lowest BCUT2D eigenvalue weighted by molar-refractivity contribution is -0.378. The molecule has 1 aliphatic rings. The number of pyridine rings is 1. The molecule has 0 saturated heterocycles. The van der Waals surface area contributed by atoms with Crippen molar-refractivity contribution in [1.82, 2.24) is 0 Å². The molecule has 17 heavy (non-hydrogen) atoms. The maximum absolute atomic E-state index is 5.60. The Hall–Kier alpha value is -1.67. The van der Waals surface area contributed by atoms with E-state index < -0.39 is 0 Å². The third-order valence-corrected chi connectivity index (χ3v) is 3.18. The van der Waals surface area contributed by atoms with Crippen molar-refractivity contribution >= 4 is 6.08 Å². The largest absolute Gasteiger partial charge is 0.373 e. The van der Waals surface area contributed by atoms with Crippen LogP contribution in [-0.2, 0) is 4.74 Å². The first-order valence-electron chi connectivity index (χ1n) is 5.81. The molecule has 1 atom stereocenters. The van der Waals surface area contributed by atoms with Crippen LogP contribution in [0.25, 0.3) is 6.08 Å². The molecule has 88 valence electrons. The third-order valence-electron chi connectivity index (χ3n) is 3.18. The molecular weight excluding hydrogens is 210 g/mol. The molecule has 1 unspecified atom stereocenters. The Morgan fingerprint density at radius 1 is 1.29 bits per heavy atom. The summed E-state index contributed by atoms with van der Waals surface area (Å²) in [6, 6.07) is 4.08. The van der Waals surface area contributed by atoms with E-state index in [0.29, 0.717) is 0 Å². The summed E-state index contributed by atoms with van der Waals surface area (Å²) in [4.78, 5) is 3.01. The van der Waals surface area contributed by atoms with Crippen LogP contribution in [0, 0.1) is 0 Å². The van der Waals surface area contributed by atoms with Crippen molar-refractivity contribution in [3.05, 3.63) is 60.0 Å². The molecule has 2 heteroatoms. The predicted octanol–water partition coefficient (Wildman–Crippen LogP) is 2.81. The van der Waals surface area contributed by atoms with Gasteiger partial charge in [0.1, 0.15) is 0 Å². The maximum Gasteiger partial charge on any atom is 0.167 e. The topological polar surface area (TPSA) is 23.4 Å². The quantitative estimate of drug-likeness (QED) is 0.780. The molecule has 0 amide bonds. The highest BCUT2D eigenvalue weighted by Gasteiger charge is 2.26. The van der Waals surface area contributed by atoms with Gasteiger partial charge in [0.15, 0.2) is 12.4 Å². The highest BCUT2D eigenvalue weighted by atomic mass is 16.5. The summed E-state index contributed by atoms with van der Waals surface area (Å²) < 4.78 is 5.60. The molecule has 0 aliphatic heterocycles. The zero-order chi connectivity index (χ0) is 12.1. The van der Waals surface area contributed by atoms with Crippen molar-refractivity contribution in [3.8, 4) is 0 Å². The first-order valence-corrected chi connectivity index (χ1v) is 5.81. The summed E-state index contributed by atoms with van der Waals surface area (Å²) >= 11 is 0. The number of rotatable bonds is 3. The molecule has 0 fully saturated rings. The van der Waals surface area contributed by atoms with Crippen LogP contribution in [0.1, 0.15) is 18.9 Å². The Balaban J connectivity index is 2.20. The van der Waals surface area contributed by atoms with E-state index >= 15 is 0 Å². The Bertz CT molecular complexity index is 459. The standard InChI is InChI=1S/C15H17NO/c1-15(17-2)10-4-3-5-14(15)7-6-13-8-11-16-12-9-13/h3-9,11-12H,10H2,1-2H3/p+1/b7-6+. The maximum atomic E-state index is 5.60. The zero-order valence-corrected chi connectivity index (χ0v) is 10.3. The summed E-state index contributed by atoms with van der Waals surface area (Å²) in [5.74, 6) is 0. The summed E-state index contributed by atoms with van der Waals surface area (Å²) in [7, 11) is 1.76. The molecule has 0 aromatic carbocycles. The van der Waals surface area contributed by atoms with Gasteiger partial charge in [0.2, 0.25) is 0 Å². The summed E-state index contributed by atoms with van der Waals surface area (Å²) in [6.07, 6.45) is 15.3. The smallest absolute Gasteiger partial charge is 0.167 e. The van der Waals surface area contributed by atoms with Gasteiger partial charge in [0.25, 0.3) is 0 Å². The van der Waals surface area contributed by atoms with Crippen molar-refractivity contribution in [2.45, 2.75) is 18.9 Å². The minimum absolute atomic E-state index is 0.202. The third kappa shape index (κ3) is 2.71. The lowest BCUT2D eigenvalue weighted by Gasteiger charge is -2.30. The highest BCUT2D eigenvalue weighted by molar-refractivity contribution is 5.54. The number of aromatic amines is 1. The minimum Gasteiger partial charge on any atom is -0.373 e. The van der Waals surface area contributed by atoms with Crippen molar-refractivity contribution < 1.29 is 9.72 Å². The van der Waals surface area contributed by atoms with Gasteiger partial charge < -0.3 is 4.74 Å². The van der Waals surface area contributed by atoms with E-state index in [4.69, 9.17) is 4.74 Å². The monoisotopic (exact) mass is 228 g/mol. The molecule has 0 spiro atoms. The summed E-state index contributed by atoms with van der Waals surface area (Å²) in [5, 5.41) is 0. The second kappa shape index (κ2) is 5.11. The van der Waals surface area contributed by atoms with Crippen LogP contribution >= 0.6 is 0 Å². The number of hydrogen-bond donors (Lipinski definition) is 0. The van der Waals surface area contributed by atoms with Crippen LogP contribution in [0.15, 0.2) is 54.4 Å². The Morgan fingerprint density at radius 2 is 2.06 bits per heavy atom. The van der Waals surface area contributed by atoms with Gasteiger partial charge in [-0.2, -0.15) is 0 Å². The molecule has 0 bridgehead atoms. The number of hydrogen-bond acceptors (Lipinski definition) is 1. The van der Waals surface area contributed by atoms with Gasteiger partial charge in [-0.25, -0.2) is 4.98 Å². The zero-order valence-electron chi connectivity index (χ0n) is 10.3. The lowest BCUT2D eigenvalue weighted by Crippen LogP contribution is -2.29. The van der Waals surface area contributed by atoms with Crippen molar-refractivity contribution in [1.29, 1.82) is 0 Å². The van der Waals surface area contributed by atoms with Gasteiger partial charge in [-0.1, -0.05) is 30.4 Å². The average molecular weight is 228 g/mol. The number of ether oxygens (including phenoxy) is 1. The van der Waals surface area contributed by atoms with E-state index in [-0.39, 0.29) is 5.60 Å². The van der Waals surface area contributed by atoms with Gasteiger partial charge in [0, 0.05) is 19.2 Å². The fourth-order valence-corrected chi connectivity index (χ4v) is 1.89. The molecule has 2 rings (SSSR count). The van der Waals surface area contributed by atoms with Crippen molar-refractivity contribution in [3.63, 3.8) is 0 Å². The molecule has 1 heterocycles. The number of aromatic nitrogens is 1. The van der Waals surface area contributed by atoms with E-state index in [2.05, 4.69) is 42.3 Å². The van der Waals surface area contributed by atoms with Gasteiger partial charge in [-0.15, -0.1) is 0 Å². The molecule has 1 aromatic heterocycles. The second-order valence-corrected chi connectivity index (χ2v) is 4.36. The van der Waals surface area contributed by atoms with Crippen LogP contribution < -0.4 is 4.98 Å². The van der Waals surface area contributed by atoms with E-state index in [9.17, 15) is 0 Å². The molecule has 0 saturated carbocycles. The van der Waals surface area contributed by atoms with Crippen LogP contribution in [0.3, 0.4) is 0 Å².